The first-order valence-corrected chi connectivity index (χ1v) is 7.24. The number of likely N-dealkylation sites (tertiary alicyclic amines) is 1. The van der Waals surface area contributed by atoms with Gasteiger partial charge in [0.25, 0.3) is 0 Å². The van der Waals surface area contributed by atoms with Crippen molar-refractivity contribution >= 4 is 33.7 Å². The molecule has 3 N–H and O–H groups in total. The molecule has 2 atom stereocenters. The molecule has 21 heavy (non-hydrogen) atoms. The second-order valence-corrected chi connectivity index (χ2v) is 5.93. The lowest BCUT2D eigenvalue weighted by Gasteiger charge is -2.27. The van der Waals surface area contributed by atoms with Crippen LogP contribution in [-0.2, 0) is 14.4 Å². The fourth-order valence-electron chi connectivity index (χ4n) is 2.48. The molecule has 6 nitrogen and oxygen atoms in total. The van der Waals surface area contributed by atoms with E-state index in [1.54, 1.807) is 24.3 Å². The molecule has 1 heterocycles. The summed E-state index contributed by atoms with van der Waals surface area (Å²) in [7, 11) is 0. The van der Waals surface area contributed by atoms with Crippen LogP contribution in [0.4, 0.5) is 0 Å². The quantitative estimate of drug-likeness (QED) is 0.831. The maximum Gasteiger partial charge on any atom is 0.305 e. The van der Waals surface area contributed by atoms with Gasteiger partial charge in [-0.25, -0.2) is 0 Å². The Labute approximate surface area is 130 Å². The van der Waals surface area contributed by atoms with Gasteiger partial charge in [-0.05, 0) is 17.7 Å². The van der Waals surface area contributed by atoms with E-state index in [9.17, 15) is 14.4 Å². The number of halogens is 1. The number of benzene rings is 1. The van der Waals surface area contributed by atoms with Gasteiger partial charge in [-0.1, -0.05) is 28.1 Å². The molecule has 1 saturated heterocycles. The van der Waals surface area contributed by atoms with E-state index in [2.05, 4.69) is 15.9 Å². The highest BCUT2D eigenvalue weighted by atomic mass is 79.9. The van der Waals surface area contributed by atoms with E-state index >= 15 is 0 Å². The molecule has 1 fully saturated rings. The molecule has 2 amide bonds. The zero-order valence-electron chi connectivity index (χ0n) is 11.2. The normalized spacial score (nSPS) is 19.6. The van der Waals surface area contributed by atoms with E-state index in [1.807, 2.05) is 0 Å². The molecule has 0 bridgehead atoms. The van der Waals surface area contributed by atoms with Crippen molar-refractivity contribution in [1.82, 2.24) is 4.90 Å². The zero-order chi connectivity index (χ0) is 15.6. The lowest BCUT2D eigenvalue weighted by Crippen LogP contribution is -2.33. The molecule has 1 aromatic carbocycles. The second-order valence-electron chi connectivity index (χ2n) is 5.01. The third kappa shape index (κ3) is 3.60. The number of carbonyl (C=O) groups excluding carboxylic acids is 2. The van der Waals surface area contributed by atoms with Gasteiger partial charge < -0.3 is 15.7 Å². The molecule has 1 aliphatic heterocycles. The van der Waals surface area contributed by atoms with Crippen molar-refractivity contribution < 1.29 is 19.5 Å². The van der Waals surface area contributed by atoms with Crippen LogP contribution in [0.15, 0.2) is 28.7 Å². The van der Waals surface area contributed by atoms with Crippen LogP contribution in [0.5, 0.6) is 0 Å². The number of nitrogens with two attached hydrogens (primary N) is 1. The minimum absolute atomic E-state index is 0.0436. The van der Waals surface area contributed by atoms with Gasteiger partial charge in [0.05, 0.1) is 18.4 Å². The number of nitrogens with zero attached hydrogens (tertiary/aromatic N) is 1. The third-order valence-corrected chi connectivity index (χ3v) is 4.09. The molecule has 1 aliphatic rings. The van der Waals surface area contributed by atoms with E-state index in [0.717, 1.165) is 10.0 Å². The van der Waals surface area contributed by atoms with Crippen molar-refractivity contribution in [3.05, 3.63) is 34.3 Å². The predicted octanol–water partition coefficient (Wildman–Crippen LogP) is 1.30. The van der Waals surface area contributed by atoms with Gasteiger partial charge >= 0.3 is 5.97 Å². The molecule has 0 aliphatic carbocycles. The highest BCUT2D eigenvalue weighted by molar-refractivity contribution is 9.10. The Hall–Kier alpha value is -1.89. The lowest BCUT2D eigenvalue weighted by atomic mass is 10.0. The van der Waals surface area contributed by atoms with Crippen LogP contribution in [-0.4, -0.2) is 34.3 Å². The number of carboxylic acid groups (broad SMARTS) is 1. The summed E-state index contributed by atoms with van der Waals surface area (Å²) in [6.07, 6.45) is -0.166. The Morgan fingerprint density at radius 3 is 2.48 bits per heavy atom. The van der Waals surface area contributed by atoms with Crippen LogP contribution >= 0.6 is 15.9 Å². The van der Waals surface area contributed by atoms with Crippen molar-refractivity contribution in [2.24, 2.45) is 11.7 Å². The number of carbonyl (C=O) groups is 3. The first-order chi connectivity index (χ1) is 9.88. The van der Waals surface area contributed by atoms with E-state index in [4.69, 9.17) is 10.8 Å². The molecule has 7 heteroatoms. The summed E-state index contributed by atoms with van der Waals surface area (Å²) >= 11 is 3.31. The summed E-state index contributed by atoms with van der Waals surface area (Å²) in [5.74, 6) is -2.33. The van der Waals surface area contributed by atoms with Crippen molar-refractivity contribution in [3.8, 4) is 0 Å². The maximum absolute atomic E-state index is 12.1. The fraction of sp³-hybridized carbons (Fsp3) is 0.357. The van der Waals surface area contributed by atoms with E-state index in [0.29, 0.717) is 0 Å². The molecule has 1 aromatic rings. The Kier molecular flexibility index (Phi) is 4.62. The number of rotatable bonds is 5. The molecule has 2 rings (SSSR count). The second kappa shape index (κ2) is 6.26. The van der Waals surface area contributed by atoms with Gasteiger partial charge in [0, 0.05) is 17.4 Å². The minimum atomic E-state index is -1.00. The molecule has 0 spiro atoms. The maximum atomic E-state index is 12.1. The summed E-state index contributed by atoms with van der Waals surface area (Å²) in [5, 5.41) is 9.08. The Bertz CT molecular complexity index is 573. The largest absolute Gasteiger partial charge is 0.481 e. The topological polar surface area (TPSA) is 101 Å². The Morgan fingerprint density at radius 1 is 1.38 bits per heavy atom. The van der Waals surface area contributed by atoms with Crippen molar-refractivity contribution in [1.29, 1.82) is 0 Å². The van der Waals surface area contributed by atoms with Gasteiger partial charge in [0.15, 0.2) is 0 Å². The van der Waals surface area contributed by atoms with E-state index in [-0.39, 0.29) is 25.3 Å². The predicted molar refractivity (Wildman–Crippen MR) is 78.2 cm³/mol. The molecule has 0 radical (unpaired) electrons. The monoisotopic (exact) mass is 354 g/mol. The van der Waals surface area contributed by atoms with Gasteiger partial charge in [-0.3, -0.25) is 14.4 Å². The first-order valence-electron chi connectivity index (χ1n) is 6.44. The fourth-order valence-corrected chi connectivity index (χ4v) is 2.75. The smallest absolute Gasteiger partial charge is 0.305 e. The number of aliphatic carboxylic acids is 1. The van der Waals surface area contributed by atoms with Crippen molar-refractivity contribution in [2.75, 3.05) is 6.54 Å². The molecular weight excluding hydrogens is 340 g/mol. The number of primary amides is 1. The lowest BCUT2D eigenvalue weighted by molar-refractivity contribution is -0.139. The molecule has 0 saturated carbocycles. The van der Waals surface area contributed by atoms with Gasteiger partial charge in [0.1, 0.15) is 0 Å². The standard InChI is InChI=1S/C14H15BrN2O4/c15-10-3-1-8(2-4-10)11(6-13(19)20)17-7-9(14(16)21)5-12(17)18/h1-4,9,11H,5-7H2,(H2,16,21)(H,19,20). The van der Waals surface area contributed by atoms with Gasteiger partial charge in [-0.2, -0.15) is 0 Å². The average molecular weight is 355 g/mol. The number of carboxylic acids is 1. The molecule has 112 valence electrons. The Morgan fingerprint density at radius 2 is 2.00 bits per heavy atom. The highest BCUT2D eigenvalue weighted by Gasteiger charge is 2.38. The summed E-state index contributed by atoms with van der Waals surface area (Å²) in [6.45, 7) is 0.169. The summed E-state index contributed by atoms with van der Waals surface area (Å²) < 4.78 is 0.864. The number of hydrogen-bond donors (Lipinski definition) is 2. The first kappa shape index (κ1) is 15.5. The Balaban J connectivity index is 2.28. The molecule has 0 aromatic heterocycles. The SMILES string of the molecule is NC(=O)C1CC(=O)N(C(CC(=O)O)c2ccc(Br)cc2)C1. The average Bonchev–Trinajstić information content (AvgIpc) is 2.79. The molecular formula is C14H15BrN2O4. The van der Waals surface area contributed by atoms with Crippen LogP contribution in [0.3, 0.4) is 0 Å². The van der Waals surface area contributed by atoms with Crippen LogP contribution in [0.25, 0.3) is 0 Å². The summed E-state index contributed by atoms with van der Waals surface area (Å²) in [6, 6.07) is 6.52. The summed E-state index contributed by atoms with van der Waals surface area (Å²) in [5.41, 5.74) is 5.96. The van der Waals surface area contributed by atoms with E-state index < -0.39 is 23.8 Å². The number of hydrogen-bond acceptors (Lipinski definition) is 3. The highest BCUT2D eigenvalue weighted by Crippen LogP contribution is 2.31. The van der Waals surface area contributed by atoms with Crippen LogP contribution in [0, 0.1) is 5.92 Å². The van der Waals surface area contributed by atoms with Crippen molar-refractivity contribution in [2.45, 2.75) is 18.9 Å². The van der Waals surface area contributed by atoms with Gasteiger partial charge in [-0.15, -0.1) is 0 Å². The third-order valence-electron chi connectivity index (χ3n) is 3.56. The zero-order valence-corrected chi connectivity index (χ0v) is 12.7. The molecule has 2 unspecified atom stereocenters. The van der Waals surface area contributed by atoms with Crippen LogP contribution in [0.2, 0.25) is 0 Å². The van der Waals surface area contributed by atoms with Gasteiger partial charge in [0.2, 0.25) is 11.8 Å². The van der Waals surface area contributed by atoms with E-state index in [1.165, 1.54) is 4.90 Å². The van der Waals surface area contributed by atoms with Crippen LogP contribution < -0.4 is 5.73 Å². The summed E-state index contributed by atoms with van der Waals surface area (Å²) in [4.78, 5) is 35.8. The van der Waals surface area contributed by atoms with Crippen LogP contribution in [0.1, 0.15) is 24.4 Å². The number of amides is 2. The van der Waals surface area contributed by atoms with Crippen molar-refractivity contribution in [3.63, 3.8) is 0 Å². The minimum Gasteiger partial charge on any atom is -0.481 e.